The number of nitrogens with zero attached hydrogens (tertiary/aromatic N) is 3. The number of aromatic amines is 1. The van der Waals surface area contributed by atoms with Crippen molar-refractivity contribution >= 4 is 10.9 Å². The zero-order valence-electron chi connectivity index (χ0n) is 15.6. The van der Waals surface area contributed by atoms with E-state index in [-0.39, 0.29) is 5.56 Å². The van der Waals surface area contributed by atoms with Crippen molar-refractivity contribution in [2.75, 3.05) is 0 Å². The largest absolute Gasteiger partial charge is 0.463 e. The predicted molar refractivity (Wildman–Crippen MR) is 111 cm³/mol. The molecule has 142 valence electrons. The van der Waals surface area contributed by atoms with Crippen LogP contribution >= 0.6 is 0 Å². The Morgan fingerprint density at radius 1 is 0.966 bits per heavy atom. The molecule has 5 rings (SSSR count). The highest BCUT2D eigenvalue weighted by molar-refractivity contribution is 5.77. The van der Waals surface area contributed by atoms with Gasteiger partial charge in [-0.25, -0.2) is 9.97 Å². The summed E-state index contributed by atoms with van der Waals surface area (Å²) in [5.41, 5.74) is 3.38. The second-order valence-electron chi connectivity index (χ2n) is 6.76. The van der Waals surface area contributed by atoms with Crippen LogP contribution in [0.2, 0.25) is 0 Å². The molecule has 0 unspecified atom stereocenters. The predicted octanol–water partition coefficient (Wildman–Crippen LogP) is 4.29. The van der Waals surface area contributed by atoms with Gasteiger partial charge in [-0.3, -0.25) is 4.79 Å². The van der Waals surface area contributed by atoms with Crippen molar-refractivity contribution < 1.29 is 4.42 Å². The number of fused-ring (bicyclic) bond motifs is 1. The van der Waals surface area contributed by atoms with Gasteiger partial charge in [-0.1, -0.05) is 42.5 Å². The van der Waals surface area contributed by atoms with E-state index < -0.39 is 0 Å². The van der Waals surface area contributed by atoms with E-state index in [4.69, 9.17) is 4.42 Å². The molecule has 6 heteroatoms. The summed E-state index contributed by atoms with van der Waals surface area (Å²) < 4.78 is 7.71. The number of benzene rings is 2. The van der Waals surface area contributed by atoms with Gasteiger partial charge in [0.15, 0.2) is 5.76 Å². The van der Waals surface area contributed by atoms with Gasteiger partial charge >= 0.3 is 0 Å². The zero-order chi connectivity index (χ0) is 19.6. The van der Waals surface area contributed by atoms with E-state index in [9.17, 15) is 4.79 Å². The third-order valence-corrected chi connectivity index (χ3v) is 4.89. The van der Waals surface area contributed by atoms with E-state index in [1.54, 1.807) is 18.7 Å². The van der Waals surface area contributed by atoms with Crippen LogP contribution in [-0.2, 0) is 13.0 Å². The molecule has 0 aliphatic heterocycles. The lowest BCUT2D eigenvalue weighted by molar-refractivity contribution is 0.570. The Morgan fingerprint density at radius 3 is 2.62 bits per heavy atom. The molecule has 0 atom stereocenters. The van der Waals surface area contributed by atoms with Gasteiger partial charge < -0.3 is 14.0 Å². The van der Waals surface area contributed by atoms with Gasteiger partial charge in [0.2, 0.25) is 0 Å². The first-order valence-electron chi connectivity index (χ1n) is 9.42. The Kier molecular flexibility index (Phi) is 4.29. The summed E-state index contributed by atoms with van der Waals surface area (Å²) in [6.45, 7) is 0.608. The molecule has 0 fully saturated rings. The van der Waals surface area contributed by atoms with Gasteiger partial charge in [-0.05, 0) is 24.3 Å². The first-order valence-corrected chi connectivity index (χ1v) is 9.42. The van der Waals surface area contributed by atoms with Crippen molar-refractivity contribution in [2.24, 2.45) is 0 Å². The molecule has 0 aliphatic carbocycles. The van der Waals surface area contributed by atoms with Crippen LogP contribution in [0.25, 0.3) is 33.6 Å². The van der Waals surface area contributed by atoms with Crippen molar-refractivity contribution in [3.63, 3.8) is 0 Å². The summed E-state index contributed by atoms with van der Waals surface area (Å²) in [6, 6.07) is 21.2. The zero-order valence-corrected chi connectivity index (χ0v) is 15.6. The molecular weight excluding hydrogens is 364 g/mol. The monoisotopic (exact) mass is 382 g/mol. The van der Waals surface area contributed by atoms with Crippen LogP contribution in [0.15, 0.2) is 88.5 Å². The molecule has 1 N–H and O–H groups in total. The number of rotatable bonds is 5. The summed E-state index contributed by atoms with van der Waals surface area (Å²) in [5, 5.41) is 0.599. The van der Waals surface area contributed by atoms with Gasteiger partial charge in [-0.15, -0.1) is 0 Å². The fraction of sp³-hybridized carbons (Fsp3) is 0.0870. The van der Waals surface area contributed by atoms with Crippen molar-refractivity contribution in [2.45, 2.75) is 13.0 Å². The van der Waals surface area contributed by atoms with E-state index in [0.717, 1.165) is 22.7 Å². The van der Waals surface area contributed by atoms with Gasteiger partial charge in [-0.2, -0.15) is 0 Å². The Morgan fingerprint density at radius 2 is 1.79 bits per heavy atom. The Labute approximate surface area is 166 Å². The molecule has 0 amide bonds. The average molecular weight is 382 g/mol. The standard InChI is InChI=1S/C23H18N4O2/c28-23-17-9-4-5-10-18(17)25-20(26-23)12-13-27-15-24-21(16-7-2-1-3-8-16)22(27)19-11-6-14-29-19/h1-11,14-15H,12-13H2,(H,25,26,28). The van der Waals surface area contributed by atoms with E-state index in [2.05, 4.69) is 15.0 Å². The van der Waals surface area contributed by atoms with Crippen molar-refractivity contribution in [3.8, 4) is 22.7 Å². The Balaban J connectivity index is 1.51. The normalized spacial score (nSPS) is 11.2. The summed E-state index contributed by atoms with van der Waals surface area (Å²) in [7, 11) is 0. The SMILES string of the molecule is O=c1[nH]c(CCn2cnc(-c3ccccc3)c2-c2ccco2)nc2ccccc12. The lowest BCUT2D eigenvalue weighted by atomic mass is 10.1. The number of aromatic nitrogens is 4. The number of H-pyrrole nitrogens is 1. The fourth-order valence-electron chi connectivity index (χ4n) is 3.51. The summed E-state index contributed by atoms with van der Waals surface area (Å²) >= 11 is 0. The highest BCUT2D eigenvalue weighted by Gasteiger charge is 2.17. The van der Waals surface area contributed by atoms with E-state index in [1.165, 1.54) is 0 Å². The van der Waals surface area contributed by atoms with Crippen LogP contribution in [0.1, 0.15) is 5.82 Å². The highest BCUT2D eigenvalue weighted by Crippen LogP contribution is 2.31. The molecule has 5 aromatic rings. The summed E-state index contributed by atoms with van der Waals surface area (Å²) in [4.78, 5) is 24.4. The minimum Gasteiger partial charge on any atom is -0.463 e. The lowest BCUT2D eigenvalue weighted by Gasteiger charge is -2.09. The number of hydrogen-bond acceptors (Lipinski definition) is 4. The van der Waals surface area contributed by atoms with Crippen LogP contribution in [0, 0.1) is 0 Å². The van der Waals surface area contributed by atoms with Gasteiger partial charge in [0.1, 0.15) is 11.5 Å². The van der Waals surface area contributed by atoms with Crippen molar-refractivity contribution in [1.82, 2.24) is 19.5 Å². The number of aryl methyl sites for hydroxylation is 2. The van der Waals surface area contributed by atoms with E-state index in [1.807, 2.05) is 65.2 Å². The highest BCUT2D eigenvalue weighted by atomic mass is 16.3. The number of para-hydroxylation sites is 1. The molecule has 0 radical (unpaired) electrons. The minimum atomic E-state index is -0.118. The van der Waals surface area contributed by atoms with Gasteiger partial charge in [0.25, 0.3) is 5.56 Å². The Hall–Kier alpha value is -3.93. The van der Waals surface area contributed by atoms with E-state index >= 15 is 0 Å². The van der Waals surface area contributed by atoms with Crippen LogP contribution < -0.4 is 5.56 Å². The molecule has 0 saturated carbocycles. The van der Waals surface area contributed by atoms with Gasteiger partial charge in [0, 0.05) is 18.5 Å². The molecule has 6 nitrogen and oxygen atoms in total. The maximum absolute atomic E-state index is 12.3. The molecule has 0 aliphatic rings. The minimum absolute atomic E-state index is 0.118. The first-order chi connectivity index (χ1) is 14.3. The molecule has 0 saturated heterocycles. The molecular formula is C23H18N4O2. The molecule has 3 aromatic heterocycles. The van der Waals surface area contributed by atoms with Gasteiger partial charge in [0.05, 0.1) is 29.2 Å². The third-order valence-electron chi connectivity index (χ3n) is 4.89. The fourth-order valence-corrected chi connectivity index (χ4v) is 3.51. The summed E-state index contributed by atoms with van der Waals surface area (Å²) in [5.74, 6) is 1.40. The smallest absolute Gasteiger partial charge is 0.258 e. The topological polar surface area (TPSA) is 76.7 Å². The third kappa shape index (κ3) is 3.25. The number of nitrogens with one attached hydrogen (secondary N) is 1. The Bertz CT molecular complexity index is 1320. The van der Waals surface area contributed by atoms with Crippen LogP contribution in [0.5, 0.6) is 0 Å². The average Bonchev–Trinajstić information content (AvgIpc) is 3.42. The van der Waals surface area contributed by atoms with E-state index in [0.29, 0.717) is 29.7 Å². The number of hydrogen-bond donors (Lipinski definition) is 1. The second-order valence-corrected chi connectivity index (χ2v) is 6.76. The quantitative estimate of drug-likeness (QED) is 0.492. The van der Waals surface area contributed by atoms with Crippen LogP contribution in [0.3, 0.4) is 0 Å². The van der Waals surface area contributed by atoms with Crippen molar-refractivity contribution in [3.05, 3.63) is 95.5 Å². The van der Waals surface area contributed by atoms with Crippen LogP contribution in [0.4, 0.5) is 0 Å². The molecule has 29 heavy (non-hydrogen) atoms. The van der Waals surface area contributed by atoms with Crippen LogP contribution in [-0.4, -0.2) is 19.5 Å². The van der Waals surface area contributed by atoms with Crippen molar-refractivity contribution in [1.29, 1.82) is 0 Å². The lowest BCUT2D eigenvalue weighted by Crippen LogP contribution is -2.13. The number of furan rings is 1. The molecule has 0 spiro atoms. The summed E-state index contributed by atoms with van der Waals surface area (Å²) in [6.07, 6.45) is 4.03. The maximum Gasteiger partial charge on any atom is 0.258 e. The maximum atomic E-state index is 12.3. The first kappa shape index (κ1) is 17.2. The second kappa shape index (κ2) is 7.24. The molecule has 0 bridgehead atoms. The molecule has 2 aromatic carbocycles. The number of imidazole rings is 1. The molecule has 3 heterocycles.